The molecular formula is C18H16N2O4. The molecule has 0 aromatic heterocycles. The van der Waals surface area contributed by atoms with Gasteiger partial charge in [0.1, 0.15) is 6.61 Å². The molecule has 0 aliphatic carbocycles. The average Bonchev–Trinajstić information content (AvgIpc) is 2.82. The number of fused-ring (bicyclic) bond motifs is 1. The van der Waals surface area contributed by atoms with E-state index in [2.05, 4.69) is 5.32 Å². The Bertz CT molecular complexity index is 810. The number of aryl methyl sites for hydroxylation is 1. The van der Waals surface area contributed by atoms with Crippen molar-refractivity contribution in [3.63, 3.8) is 0 Å². The summed E-state index contributed by atoms with van der Waals surface area (Å²) in [5.41, 5.74) is 2.63. The third kappa shape index (κ3) is 2.68. The molecule has 1 heterocycles. The first-order chi connectivity index (χ1) is 11.5. The summed E-state index contributed by atoms with van der Waals surface area (Å²) in [4.78, 5) is 37.7. The Balaban J connectivity index is 1.89. The number of rotatable bonds is 4. The number of anilines is 2. The summed E-state index contributed by atoms with van der Waals surface area (Å²) >= 11 is 0. The van der Waals surface area contributed by atoms with Gasteiger partial charge in [-0.15, -0.1) is 0 Å². The number of nitrogens with one attached hydrogen (secondary N) is 1. The fourth-order valence-electron chi connectivity index (χ4n) is 2.67. The summed E-state index contributed by atoms with van der Waals surface area (Å²) in [6, 6.07) is 11.7. The van der Waals surface area contributed by atoms with E-state index >= 15 is 0 Å². The molecule has 2 aromatic rings. The van der Waals surface area contributed by atoms with Gasteiger partial charge in [0, 0.05) is 12.8 Å². The lowest BCUT2D eigenvalue weighted by molar-refractivity contribution is -0.119. The van der Waals surface area contributed by atoms with E-state index in [4.69, 9.17) is 4.74 Å². The van der Waals surface area contributed by atoms with Crippen molar-refractivity contribution < 1.29 is 19.1 Å². The zero-order valence-electron chi connectivity index (χ0n) is 13.3. The molecule has 3 rings (SSSR count). The Morgan fingerprint density at radius 1 is 1.08 bits per heavy atom. The monoisotopic (exact) mass is 324 g/mol. The van der Waals surface area contributed by atoms with E-state index in [1.54, 1.807) is 49.4 Å². The first-order valence-corrected chi connectivity index (χ1v) is 7.40. The second-order valence-corrected chi connectivity index (χ2v) is 5.47. The molecule has 1 aliphatic rings. The molecule has 1 aliphatic heterocycles. The van der Waals surface area contributed by atoms with Gasteiger partial charge in [-0.2, -0.15) is 0 Å². The standard InChI is InChI=1S/C18H16N2O4/c1-11-9-12(7-8-15(11)19-16(21)10-24-2)20-17(22)13-5-3-4-6-14(13)18(20)23/h3-9H,10H2,1-2H3,(H,19,21). The van der Waals surface area contributed by atoms with E-state index in [0.717, 1.165) is 10.5 Å². The van der Waals surface area contributed by atoms with Crippen molar-refractivity contribution in [1.82, 2.24) is 0 Å². The highest BCUT2D eigenvalue weighted by molar-refractivity contribution is 6.34. The van der Waals surface area contributed by atoms with Crippen molar-refractivity contribution in [3.8, 4) is 0 Å². The lowest BCUT2D eigenvalue weighted by Gasteiger charge is -2.16. The summed E-state index contributed by atoms with van der Waals surface area (Å²) in [5, 5.41) is 2.72. The SMILES string of the molecule is COCC(=O)Nc1ccc(N2C(=O)c3ccccc3C2=O)cc1C. The second-order valence-electron chi connectivity index (χ2n) is 5.47. The fraction of sp³-hybridized carbons (Fsp3) is 0.167. The van der Waals surface area contributed by atoms with E-state index in [0.29, 0.717) is 22.5 Å². The number of carbonyl (C=O) groups excluding carboxylic acids is 3. The highest BCUT2D eigenvalue weighted by atomic mass is 16.5. The first-order valence-electron chi connectivity index (χ1n) is 7.40. The molecule has 0 atom stereocenters. The molecule has 24 heavy (non-hydrogen) atoms. The normalized spacial score (nSPS) is 13.2. The zero-order chi connectivity index (χ0) is 17.3. The van der Waals surface area contributed by atoms with Crippen molar-refractivity contribution in [2.75, 3.05) is 23.9 Å². The van der Waals surface area contributed by atoms with Gasteiger partial charge in [-0.3, -0.25) is 14.4 Å². The Kier molecular flexibility index (Phi) is 4.14. The van der Waals surface area contributed by atoms with E-state index < -0.39 is 0 Å². The Morgan fingerprint density at radius 3 is 2.25 bits per heavy atom. The third-order valence-corrected chi connectivity index (χ3v) is 3.81. The molecule has 6 nitrogen and oxygen atoms in total. The molecule has 6 heteroatoms. The van der Waals surface area contributed by atoms with Crippen LogP contribution in [0.25, 0.3) is 0 Å². The average molecular weight is 324 g/mol. The molecule has 0 bridgehead atoms. The number of hydrogen-bond acceptors (Lipinski definition) is 4. The van der Waals surface area contributed by atoms with E-state index in [1.165, 1.54) is 7.11 Å². The lowest BCUT2D eigenvalue weighted by Crippen LogP contribution is -2.29. The maximum atomic E-state index is 12.5. The van der Waals surface area contributed by atoms with Crippen LogP contribution in [-0.4, -0.2) is 31.4 Å². The van der Waals surface area contributed by atoms with Crippen LogP contribution < -0.4 is 10.2 Å². The van der Waals surface area contributed by atoms with Crippen molar-refractivity contribution >= 4 is 29.1 Å². The fourth-order valence-corrected chi connectivity index (χ4v) is 2.67. The highest BCUT2D eigenvalue weighted by Gasteiger charge is 2.36. The molecule has 0 saturated carbocycles. The van der Waals surface area contributed by atoms with Gasteiger partial charge in [-0.25, -0.2) is 4.90 Å². The lowest BCUT2D eigenvalue weighted by atomic mass is 10.1. The molecule has 0 saturated heterocycles. The maximum absolute atomic E-state index is 12.5. The number of nitrogens with zero attached hydrogens (tertiary/aromatic N) is 1. The number of hydrogen-bond donors (Lipinski definition) is 1. The third-order valence-electron chi connectivity index (χ3n) is 3.81. The zero-order valence-corrected chi connectivity index (χ0v) is 13.3. The van der Waals surface area contributed by atoms with Crippen LogP contribution in [0.5, 0.6) is 0 Å². The van der Waals surface area contributed by atoms with Crippen LogP contribution in [-0.2, 0) is 9.53 Å². The molecule has 0 spiro atoms. The Hall–Kier alpha value is -2.99. The summed E-state index contributed by atoms with van der Waals surface area (Å²) in [5.74, 6) is -0.952. The van der Waals surface area contributed by atoms with Gasteiger partial charge in [-0.1, -0.05) is 12.1 Å². The van der Waals surface area contributed by atoms with Crippen molar-refractivity contribution in [2.24, 2.45) is 0 Å². The molecule has 0 radical (unpaired) electrons. The number of ether oxygens (including phenoxy) is 1. The van der Waals surface area contributed by atoms with Crippen LogP contribution in [0, 0.1) is 6.92 Å². The Labute approximate surface area is 139 Å². The number of methoxy groups -OCH3 is 1. The minimum absolute atomic E-state index is 0.0421. The maximum Gasteiger partial charge on any atom is 0.266 e. The van der Waals surface area contributed by atoms with Gasteiger partial charge < -0.3 is 10.1 Å². The molecule has 1 N–H and O–H groups in total. The van der Waals surface area contributed by atoms with E-state index in [9.17, 15) is 14.4 Å². The van der Waals surface area contributed by atoms with Gasteiger partial charge in [0.15, 0.2) is 0 Å². The van der Waals surface area contributed by atoms with Gasteiger partial charge >= 0.3 is 0 Å². The topological polar surface area (TPSA) is 75.7 Å². The number of imide groups is 1. The van der Waals surface area contributed by atoms with E-state index in [-0.39, 0.29) is 24.3 Å². The van der Waals surface area contributed by atoms with Crippen molar-refractivity contribution in [3.05, 3.63) is 59.2 Å². The van der Waals surface area contributed by atoms with Crippen LogP contribution >= 0.6 is 0 Å². The van der Waals surface area contributed by atoms with Crippen molar-refractivity contribution in [1.29, 1.82) is 0 Å². The van der Waals surface area contributed by atoms with Crippen LogP contribution in [0.3, 0.4) is 0 Å². The molecule has 122 valence electrons. The van der Waals surface area contributed by atoms with Crippen LogP contribution in [0.4, 0.5) is 11.4 Å². The summed E-state index contributed by atoms with van der Waals surface area (Å²) in [6.07, 6.45) is 0. The largest absolute Gasteiger partial charge is 0.375 e. The second kappa shape index (κ2) is 6.25. The van der Waals surface area contributed by atoms with Gasteiger partial charge in [0.25, 0.3) is 11.8 Å². The van der Waals surface area contributed by atoms with Crippen LogP contribution in [0.15, 0.2) is 42.5 Å². The van der Waals surface area contributed by atoms with Crippen molar-refractivity contribution in [2.45, 2.75) is 6.92 Å². The number of amides is 3. The predicted molar refractivity (Wildman–Crippen MR) is 89.3 cm³/mol. The van der Waals surface area contributed by atoms with Crippen LogP contribution in [0.2, 0.25) is 0 Å². The molecular weight excluding hydrogens is 308 g/mol. The summed E-state index contributed by atoms with van der Waals surface area (Å²) in [7, 11) is 1.44. The Morgan fingerprint density at radius 2 is 1.71 bits per heavy atom. The van der Waals surface area contributed by atoms with Gasteiger partial charge in [0.2, 0.25) is 5.91 Å². The molecule has 2 aromatic carbocycles. The number of carbonyl (C=O) groups is 3. The first kappa shape index (κ1) is 15.9. The number of benzene rings is 2. The van der Waals surface area contributed by atoms with Gasteiger partial charge in [-0.05, 0) is 42.8 Å². The molecule has 3 amide bonds. The highest BCUT2D eigenvalue weighted by Crippen LogP contribution is 2.30. The van der Waals surface area contributed by atoms with E-state index in [1.807, 2.05) is 0 Å². The quantitative estimate of drug-likeness (QED) is 0.876. The minimum Gasteiger partial charge on any atom is -0.375 e. The summed E-state index contributed by atoms with van der Waals surface area (Å²) in [6.45, 7) is 1.75. The smallest absolute Gasteiger partial charge is 0.266 e. The summed E-state index contributed by atoms with van der Waals surface area (Å²) < 4.78 is 4.78. The minimum atomic E-state index is -0.342. The molecule has 0 fully saturated rings. The van der Waals surface area contributed by atoms with Crippen LogP contribution in [0.1, 0.15) is 26.3 Å². The predicted octanol–water partition coefficient (Wildman–Crippen LogP) is 2.38. The molecule has 0 unspecified atom stereocenters. The van der Waals surface area contributed by atoms with Gasteiger partial charge in [0.05, 0.1) is 16.8 Å².